The first-order valence-electron chi connectivity index (χ1n) is 11.4. The first kappa shape index (κ1) is 25.1. The molecule has 4 rings (SSSR count). The number of carbonyl (C=O) groups is 3. The van der Waals surface area contributed by atoms with Crippen molar-refractivity contribution in [1.29, 1.82) is 0 Å². The highest BCUT2D eigenvalue weighted by Crippen LogP contribution is 2.44. The molecule has 0 bridgehead atoms. The number of amides is 1. The molecule has 1 saturated heterocycles. The Morgan fingerprint density at radius 2 is 1.83 bits per heavy atom. The number of benzene rings is 1. The number of hydrogen-bond acceptors (Lipinski definition) is 9. The third-order valence-electron chi connectivity index (χ3n) is 5.72. The van der Waals surface area contributed by atoms with Crippen LogP contribution in [-0.2, 0) is 14.3 Å². The summed E-state index contributed by atoms with van der Waals surface area (Å²) in [5, 5.41) is 11.3. The van der Waals surface area contributed by atoms with E-state index in [4.69, 9.17) is 9.47 Å². The number of nitrogens with zero attached hydrogens (tertiary/aromatic N) is 3. The third kappa shape index (κ3) is 4.72. The van der Waals surface area contributed by atoms with Gasteiger partial charge < -0.3 is 14.6 Å². The maximum Gasteiger partial charge on any atom is 0.350 e. The standard InChI is InChI=1S/C26H25N3O6S/c1-4-5-14-35-18-8-6-16(7-9-18)20-19(21(30)17-10-12-27-13-11-17)22(31)24(32)29(20)26-28-15(2)23(36-26)25(33)34-3/h6-13,20,30H,4-5,14H2,1-3H3. The van der Waals surface area contributed by atoms with Crippen molar-refractivity contribution in [2.75, 3.05) is 18.6 Å². The largest absolute Gasteiger partial charge is 0.507 e. The van der Waals surface area contributed by atoms with Crippen LogP contribution in [0.4, 0.5) is 5.13 Å². The molecule has 1 fully saturated rings. The maximum atomic E-state index is 13.3. The summed E-state index contributed by atoms with van der Waals surface area (Å²) in [6.07, 6.45) is 4.88. The molecule has 1 unspecified atom stereocenters. The van der Waals surface area contributed by atoms with Gasteiger partial charge in [-0.15, -0.1) is 0 Å². The lowest BCUT2D eigenvalue weighted by molar-refractivity contribution is -0.132. The van der Waals surface area contributed by atoms with Gasteiger partial charge in [0, 0.05) is 18.0 Å². The molecule has 10 heteroatoms. The van der Waals surface area contributed by atoms with E-state index in [9.17, 15) is 19.5 Å². The summed E-state index contributed by atoms with van der Waals surface area (Å²) in [5.74, 6) is -1.98. The number of aliphatic hydroxyl groups excluding tert-OH is 1. The minimum Gasteiger partial charge on any atom is -0.507 e. The molecule has 0 spiro atoms. The number of methoxy groups -OCH3 is 1. The van der Waals surface area contributed by atoms with Gasteiger partial charge in [-0.3, -0.25) is 19.5 Å². The Bertz CT molecular complexity index is 1320. The van der Waals surface area contributed by atoms with Crippen LogP contribution in [0.25, 0.3) is 5.76 Å². The van der Waals surface area contributed by atoms with E-state index in [1.54, 1.807) is 43.3 Å². The Morgan fingerprint density at radius 1 is 1.14 bits per heavy atom. The summed E-state index contributed by atoms with van der Waals surface area (Å²) in [4.78, 5) is 48.5. The molecule has 0 radical (unpaired) electrons. The predicted octanol–water partition coefficient (Wildman–Crippen LogP) is 4.44. The molecule has 1 amide bonds. The van der Waals surface area contributed by atoms with Gasteiger partial charge in [0.1, 0.15) is 16.4 Å². The normalized spacial score (nSPS) is 16.9. The minimum absolute atomic E-state index is 0.0849. The highest BCUT2D eigenvalue weighted by molar-refractivity contribution is 7.17. The number of ketones is 1. The Balaban J connectivity index is 1.84. The quantitative estimate of drug-likeness (QED) is 0.156. The van der Waals surface area contributed by atoms with Crippen LogP contribution in [0.3, 0.4) is 0 Å². The summed E-state index contributed by atoms with van der Waals surface area (Å²) >= 11 is 0.948. The van der Waals surface area contributed by atoms with Crippen LogP contribution < -0.4 is 9.64 Å². The summed E-state index contributed by atoms with van der Waals surface area (Å²) in [6, 6.07) is 9.12. The fourth-order valence-corrected chi connectivity index (χ4v) is 4.87. The second-order valence-corrected chi connectivity index (χ2v) is 9.06. The van der Waals surface area contributed by atoms with Gasteiger partial charge in [-0.2, -0.15) is 0 Å². The summed E-state index contributed by atoms with van der Waals surface area (Å²) in [5.41, 5.74) is 1.20. The van der Waals surface area contributed by atoms with E-state index in [2.05, 4.69) is 16.9 Å². The first-order chi connectivity index (χ1) is 17.4. The number of hydrogen-bond donors (Lipinski definition) is 1. The number of ether oxygens (including phenoxy) is 2. The molecule has 2 aromatic heterocycles. The number of thiazole rings is 1. The Hall–Kier alpha value is -4.05. The molecule has 186 valence electrons. The lowest BCUT2D eigenvalue weighted by Gasteiger charge is -2.23. The number of unbranched alkanes of at least 4 members (excludes halogenated alkanes) is 1. The number of anilines is 1. The van der Waals surface area contributed by atoms with Crippen LogP contribution in [0.2, 0.25) is 0 Å². The number of aliphatic hydroxyl groups is 1. The van der Waals surface area contributed by atoms with Crippen molar-refractivity contribution in [3.63, 3.8) is 0 Å². The lowest BCUT2D eigenvalue weighted by atomic mass is 9.95. The highest BCUT2D eigenvalue weighted by atomic mass is 32.1. The number of rotatable bonds is 8. The smallest absolute Gasteiger partial charge is 0.350 e. The monoisotopic (exact) mass is 507 g/mol. The number of carbonyl (C=O) groups excluding carboxylic acids is 3. The van der Waals surface area contributed by atoms with E-state index in [0.29, 0.717) is 29.2 Å². The number of aryl methyl sites for hydroxylation is 1. The number of Topliss-reactive ketones (excluding diaryl/α,β-unsaturated/α-hetero) is 1. The van der Waals surface area contributed by atoms with Crippen molar-refractivity contribution < 1.29 is 29.0 Å². The van der Waals surface area contributed by atoms with Crippen LogP contribution in [0, 0.1) is 6.92 Å². The number of esters is 1. The second kappa shape index (κ2) is 10.7. The van der Waals surface area contributed by atoms with Gasteiger partial charge in [0.05, 0.1) is 31.0 Å². The van der Waals surface area contributed by atoms with Gasteiger partial charge in [0.2, 0.25) is 0 Å². The zero-order chi connectivity index (χ0) is 25.8. The van der Waals surface area contributed by atoms with Gasteiger partial charge in [0.15, 0.2) is 5.13 Å². The van der Waals surface area contributed by atoms with Crippen molar-refractivity contribution >= 4 is 39.9 Å². The summed E-state index contributed by atoms with van der Waals surface area (Å²) in [7, 11) is 1.26. The van der Waals surface area contributed by atoms with Crippen molar-refractivity contribution in [3.8, 4) is 5.75 Å². The zero-order valence-electron chi connectivity index (χ0n) is 20.1. The van der Waals surface area contributed by atoms with Gasteiger partial charge in [0.25, 0.3) is 5.78 Å². The molecule has 1 aliphatic heterocycles. The molecular formula is C26H25N3O6S. The van der Waals surface area contributed by atoms with Crippen molar-refractivity contribution in [2.45, 2.75) is 32.7 Å². The van der Waals surface area contributed by atoms with E-state index < -0.39 is 23.7 Å². The fourth-order valence-electron chi connectivity index (χ4n) is 3.86. The predicted molar refractivity (Wildman–Crippen MR) is 134 cm³/mol. The average molecular weight is 508 g/mol. The average Bonchev–Trinajstić information content (AvgIpc) is 3.40. The topological polar surface area (TPSA) is 119 Å². The summed E-state index contributed by atoms with van der Waals surface area (Å²) < 4.78 is 10.6. The molecule has 1 N–H and O–H groups in total. The molecule has 1 aromatic carbocycles. The molecule has 3 heterocycles. The second-order valence-electron chi connectivity index (χ2n) is 8.08. The van der Waals surface area contributed by atoms with Crippen LogP contribution >= 0.6 is 11.3 Å². The molecule has 1 atom stereocenters. The number of pyridine rings is 1. The SMILES string of the molecule is CCCCOc1ccc(C2C(=C(O)c3ccncc3)C(=O)C(=O)N2c2nc(C)c(C(=O)OC)s2)cc1. The summed E-state index contributed by atoms with van der Waals surface area (Å²) in [6.45, 7) is 4.27. The van der Waals surface area contributed by atoms with Gasteiger partial charge in [-0.25, -0.2) is 9.78 Å². The molecule has 1 aliphatic rings. The highest BCUT2D eigenvalue weighted by Gasteiger charge is 2.48. The fraction of sp³-hybridized carbons (Fsp3) is 0.269. The van der Waals surface area contributed by atoms with Gasteiger partial charge in [-0.05, 0) is 43.2 Å². The molecule has 36 heavy (non-hydrogen) atoms. The van der Waals surface area contributed by atoms with Crippen molar-refractivity contribution in [1.82, 2.24) is 9.97 Å². The lowest BCUT2D eigenvalue weighted by Crippen LogP contribution is -2.29. The Morgan fingerprint density at radius 3 is 2.47 bits per heavy atom. The Labute approximate surface area is 212 Å². The molecule has 9 nitrogen and oxygen atoms in total. The maximum absolute atomic E-state index is 13.3. The molecular weight excluding hydrogens is 482 g/mol. The van der Waals surface area contributed by atoms with Crippen LogP contribution in [0.1, 0.15) is 52.3 Å². The first-order valence-corrected chi connectivity index (χ1v) is 12.2. The van der Waals surface area contributed by atoms with E-state index in [1.165, 1.54) is 24.4 Å². The van der Waals surface area contributed by atoms with E-state index in [0.717, 1.165) is 24.2 Å². The minimum atomic E-state index is -0.973. The number of aromatic nitrogens is 2. The third-order valence-corrected chi connectivity index (χ3v) is 6.86. The van der Waals surface area contributed by atoms with E-state index in [-0.39, 0.29) is 21.3 Å². The van der Waals surface area contributed by atoms with Crippen LogP contribution in [-0.4, -0.2) is 46.5 Å². The van der Waals surface area contributed by atoms with Crippen molar-refractivity contribution in [3.05, 3.63) is 76.1 Å². The van der Waals surface area contributed by atoms with Gasteiger partial charge in [-0.1, -0.05) is 36.8 Å². The Kier molecular flexibility index (Phi) is 7.44. The van der Waals surface area contributed by atoms with Crippen LogP contribution in [0.15, 0.2) is 54.4 Å². The molecule has 0 aliphatic carbocycles. The molecule has 0 saturated carbocycles. The van der Waals surface area contributed by atoms with Gasteiger partial charge >= 0.3 is 11.9 Å². The van der Waals surface area contributed by atoms with E-state index in [1.807, 2.05) is 0 Å². The van der Waals surface area contributed by atoms with Crippen LogP contribution in [0.5, 0.6) is 5.75 Å². The zero-order valence-corrected chi connectivity index (χ0v) is 20.9. The van der Waals surface area contributed by atoms with Crippen molar-refractivity contribution in [2.24, 2.45) is 0 Å². The van der Waals surface area contributed by atoms with E-state index >= 15 is 0 Å². The molecule has 3 aromatic rings.